The van der Waals surface area contributed by atoms with Crippen LogP contribution in [0.15, 0.2) is 52.3 Å². The number of carbonyl (C=O) groups is 1. The molecule has 8 heteroatoms. The molecular weight excluding hydrogens is 444 g/mol. The smallest absolute Gasteiger partial charge is 0.255 e. The summed E-state index contributed by atoms with van der Waals surface area (Å²) >= 11 is 1.45. The van der Waals surface area contributed by atoms with E-state index in [1.165, 1.54) is 23.4 Å². The van der Waals surface area contributed by atoms with Gasteiger partial charge in [-0.3, -0.25) is 4.79 Å². The van der Waals surface area contributed by atoms with Gasteiger partial charge in [0.25, 0.3) is 5.91 Å². The Morgan fingerprint density at radius 2 is 1.81 bits per heavy atom. The summed E-state index contributed by atoms with van der Waals surface area (Å²) in [4.78, 5) is 15.7. The number of sulfonamides is 1. The number of nitrogens with one attached hydrogen (secondary N) is 1. The largest absolute Gasteiger partial charge is 0.492 e. The van der Waals surface area contributed by atoms with Crippen molar-refractivity contribution in [3.8, 4) is 5.75 Å². The molecule has 1 aliphatic heterocycles. The third-order valence-corrected chi connectivity index (χ3v) is 7.73. The normalized spacial score (nSPS) is 14.4. The minimum Gasteiger partial charge on any atom is -0.492 e. The Balaban J connectivity index is 1.62. The van der Waals surface area contributed by atoms with Crippen molar-refractivity contribution in [1.82, 2.24) is 9.62 Å². The maximum absolute atomic E-state index is 13.0. The molecule has 1 N–H and O–H groups in total. The average Bonchev–Trinajstić information content (AvgIpc) is 2.82. The first-order valence-corrected chi connectivity index (χ1v) is 13.8. The van der Waals surface area contributed by atoms with E-state index in [0.29, 0.717) is 11.3 Å². The van der Waals surface area contributed by atoms with Crippen LogP contribution in [0.5, 0.6) is 5.75 Å². The Morgan fingerprint density at radius 1 is 1.09 bits per heavy atom. The molecule has 0 atom stereocenters. The summed E-state index contributed by atoms with van der Waals surface area (Å²) in [6, 6.07) is 12.6. The van der Waals surface area contributed by atoms with Gasteiger partial charge in [0, 0.05) is 24.5 Å². The number of thioether (sulfide) groups is 1. The van der Waals surface area contributed by atoms with Crippen LogP contribution in [-0.2, 0) is 16.4 Å². The van der Waals surface area contributed by atoms with Crippen molar-refractivity contribution in [3.63, 3.8) is 0 Å². The van der Waals surface area contributed by atoms with Crippen molar-refractivity contribution in [2.45, 2.75) is 48.8 Å². The summed E-state index contributed by atoms with van der Waals surface area (Å²) in [6.07, 6.45) is 7.11. The highest BCUT2D eigenvalue weighted by Gasteiger charge is 2.23. The lowest BCUT2D eigenvalue weighted by molar-refractivity contribution is 0.0720. The number of ether oxygens (including phenoxy) is 1. The first kappa shape index (κ1) is 24.6. The third kappa shape index (κ3) is 6.49. The molecule has 32 heavy (non-hydrogen) atoms. The second-order valence-corrected chi connectivity index (χ2v) is 10.5. The van der Waals surface area contributed by atoms with Gasteiger partial charge in [0.15, 0.2) is 0 Å². The van der Waals surface area contributed by atoms with E-state index in [1.807, 2.05) is 35.4 Å². The van der Waals surface area contributed by atoms with Crippen LogP contribution in [0.4, 0.5) is 0 Å². The predicted octanol–water partition coefficient (Wildman–Crippen LogP) is 4.34. The number of amides is 1. The number of likely N-dealkylation sites (tertiary alicyclic amines) is 1. The van der Waals surface area contributed by atoms with Crippen LogP contribution < -0.4 is 9.46 Å². The predicted molar refractivity (Wildman–Crippen MR) is 129 cm³/mol. The van der Waals surface area contributed by atoms with E-state index in [1.54, 1.807) is 12.1 Å². The summed E-state index contributed by atoms with van der Waals surface area (Å²) < 4.78 is 33.9. The minimum atomic E-state index is -3.75. The van der Waals surface area contributed by atoms with Crippen molar-refractivity contribution in [2.24, 2.45) is 0 Å². The van der Waals surface area contributed by atoms with E-state index in [4.69, 9.17) is 4.74 Å². The van der Waals surface area contributed by atoms with Crippen molar-refractivity contribution in [3.05, 3.63) is 53.6 Å². The first-order chi connectivity index (χ1) is 15.4. The fourth-order valence-electron chi connectivity index (χ4n) is 3.76. The molecule has 6 nitrogen and oxygen atoms in total. The molecule has 0 spiro atoms. The zero-order valence-electron chi connectivity index (χ0n) is 18.8. The summed E-state index contributed by atoms with van der Waals surface area (Å²) in [5, 5.41) is 0. The second-order valence-electron chi connectivity index (χ2n) is 7.86. The molecule has 0 aliphatic carbocycles. The van der Waals surface area contributed by atoms with E-state index in [0.717, 1.165) is 50.1 Å². The molecule has 174 valence electrons. The number of hydrogen-bond acceptors (Lipinski definition) is 5. The van der Waals surface area contributed by atoms with Crippen LogP contribution in [0.1, 0.15) is 48.5 Å². The zero-order valence-corrected chi connectivity index (χ0v) is 20.4. The first-order valence-electron chi connectivity index (χ1n) is 11.1. The number of benzene rings is 2. The summed E-state index contributed by atoms with van der Waals surface area (Å²) in [5.41, 5.74) is 1.70. The highest BCUT2D eigenvalue weighted by molar-refractivity contribution is 7.98. The number of aryl methyl sites for hydroxylation is 1. The quantitative estimate of drug-likeness (QED) is 0.408. The lowest BCUT2D eigenvalue weighted by atomic mass is 10.1. The molecule has 2 aromatic carbocycles. The standard InChI is InChI=1S/C24H32N2O4S2/c1-3-7-19-8-10-20(11-9-19)30-17-14-25-32(28,29)21-12-13-23(31-2)22(18-21)24(27)26-15-5-4-6-16-26/h8-13,18,25H,3-7,14-17H2,1-2H3. The molecule has 0 bridgehead atoms. The molecule has 0 unspecified atom stereocenters. The Labute approximate surface area is 195 Å². The van der Waals surface area contributed by atoms with Gasteiger partial charge in [-0.25, -0.2) is 13.1 Å². The lowest BCUT2D eigenvalue weighted by Crippen LogP contribution is -2.36. The fourth-order valence-corrected chi connectivity index (χ4v) is 5.37. The van der Waals surface area contributed by atoms with Crippen LogP contribution in [0.2, 0.25) is 0 Å². The Bertz CT molecular complexity index is 1000. The van der Waals surface area contributed by atoms with Crippen LogP contribution in [-0.4, -0.2) is 51.7 Å². The molecule has 0 radical (unpaired) electrons. The van der Waals surface area contributed by atoms with Crippen LogP contribution in [0.25, 0.3) is 0 Å². The number of rotatable bonds is 10. The molecular formula is C24H32N2O4S2. The van der Waals surface area contributed by atoms with Gasteiger partial charge < -0.3 is 9.64 Å². The van der Waals surface area contributed by atoms with E-state index in [-0.39, 0.29) is 24.0 Å². The Hall–Kier alpha value is -2.03. The summed E-state index contributed by atoms with van der Waals surface area (Å²) in [5.74, 6) is 0.615. The topological polar surface area (TPSA) is 75.7 Å². The van der Waals surface area contributed by atoms with Gasteiger partial charge in [-0.05, 0) is 67.8 Å². The second kappa shape index (κ2) is 11.7. The van der Waals surface area contributed by atoms with Crippen LogP contribution in [0, 0.1) is 0 Å². The number of nitrogens with zero attached hydrogens (tertiary/aromatic N) is 1. The van der Waals surface area contributed by atoms with E-state index in [2.05, 4.69) is 11.6 Å². The van der Waals surface area contributed by atoms with Gasteiger partial charge in [-0.2, -0.15) is 0 Å². The molecule has 1 aliphatic rings. The molecule has 0 aromatic heterocycles. The monoisotopic (exact) mass is 476 g/mol. The fraction of sp³-hybridized carbons (Fsp3) is 0.458. The summed E-state index contributed by atoms with van der Waals surface area (Å²) in [6.45, 7) is 3.93. The Kier molecular flexibility index (Phi) is 9.02. The Morgan fingerprint density at radius 3 is 2.47 bits per heavy atom. The van der Waals surface area contributed by atoms with Crippen molar-refractivity contribution >= 4 is 27.7 Å². The number of piperidine rings is 1. The lowest BCUT2D eigenvalue weighted by Gasteiger charge is -2.27. The van der Waals surface area contributed by atoms with E-state index >= 15 is 0 Å². The van der Waals surface area contributed by atoms with Gasteiger partial charge >= 0.3 is 0 Å². The maximum atomic E-state index is 13.0. The van der Waals surface area contributed by atoms with Gasteiger partial charge in [0.2, 0.25) is 10.0 Å². The van der Waals surface area contributed by atoms with Gasteiger partial charge in [0.05, 0.1) is 10.5 Å². The SMILES string of the molecule is CCCc1ccc(OCCNS(=O)(=O)c2ccc(SC)c(C(=O)N3CCCCC3)c2)cc1. The molecule has 2 aromatic rings. The number of carbonyl (C=O) groups excluding carboxylic acids is 1. The minimum absolute atomic E-state index is 0.0963. The van der Waals surface area contributed by atoms with Crippen molar-refractivity contribution in [2.75, 3.05) is 32.5 Å². The van der Waals surface area contributed by atoms with Crippen LogP contribution in [0.3, 0.4) is 0 Å². The van der Waals surface area contributed by atoms with Gasteiger partial charge in [0.1, 0.15) is 12.4 Å². The van der Waals surface area contributed by atoms with E-state index in [9.17, 15) is 13.2 Å². The zero-order chi connectivity index (χ0) is 23.0. The van der Waals surface area contributed by atoms with E-state index < -0.39 is 10.0 Å². The molecule has 1 saturated heterocycles. The van der Waals surface area contributed by atoms with Crippen molar-refractivity contribution < 1.29 is 17.9 Å². The van der Waals surface area contributed by atoms with Crippen molar-refractivity contribution in [1.29, 1.82) is 0 Å². The molecule has 1 heterocycles. The molecule has 1 amide bonds. The molecule has 0 saturated carbocycles. The highest BCUT2D eigenvalue weighted by atomic mass is 32.2. The van der Waals surface area contributed by atoms with Gasteiger partial charge in [-0.15, -0.1) is 11.8 Å². The molecule has 3 rings (SSSR count). The average molecular weight is 477 g/mol. The third-order valence-electron chi connectivity index (χ3n) is 5.48. The number of hydrogen-bond donors (Lipinski definition) is 1. The summed E-state index contributed by atoms with van der Waals surface area (Å²) in [7, 11) is -3.75. The molecule has 1 fully saturated rings. The van der Waals surface area contributed by atoms with Crippen LogP contribution >= 0.6 is 11.8 Å². The van der Waals surface area contributed by atoms with Gasteiger partial charge in [-0.1, -0.05) is 25.5 Å². The highest BCUT2D eigenvalue weighted by Crippen LogP contribution is 2.26. The maximum Gasteiger partial charge on any atom is 0.255 e.